The van der Waals surface area contributed by atoms with Crippen molar-refractivity contribution in [1.82, 2.24) is 5.32 Å². The van der Waals surface area contributed by atoms with Gasteiger partial charge in [0.05, 0.1) is 12.5 Å². The lowest BCUT2D eigenvalue weighted by atomic mass is 10.1. The molecule has 3 heteroatoms. The Kier molecular flexibility index (Phi) is 4.23. The maximum Gasteiger partial charge on any atom is 0.224 e. The molecule has 1 rings (SSSR count). The summed E-state index contributed by atoms with van der Waals surface area (Å²) in [5.74, 6) is -0.143. The van der Waals surface area contributed by atoms with Gasteiger partial charge in [0.2, 0.25) is 5.91 Å². The Morgan fingerprint density at radius 1 is 1.31 bits per heavy atom. The van der Waals surface area contributed by atoms with Gasteiger partial charge < -0.3 is 5.32 Å². The number of carbonyl (C=O) groups excluding carboxylic acids is 2. The van der Waals surface area contributed by atoms with Gasteiger partial charge in [-0.25, -0.2) is 0 Å². The average molecular weight is 219 g/mol. The number of benzene rings is 1. The Morgan fingerprint density at radius 2 is 1.94 bits per heavy atom. The van der Waals surface area contributed by atoms with Gasteiger partial charge >= 0.3 is 0 Å². The van der Waals surface area contributed by atoms with Crippen LogP contribution in [0.5, 0.6) is 0 Å². The third kappa shape index (κ3) is 3.50. The van der Waals surface area contributed by atoms with Crippen molar-refractivity contribution in [3.8, 4) is 0 Å². The molecule has 3 nitrogen and oxygen atoms in total. The second-order valence-corrected chi connectivity index (χ2v) is 4.00. The summed E-state index contributed by atoms with van der Waals surface area (Å²) in [6.45, 7) is 5.13. The van der Waals surface area contributed by atoms with E-state index in [4.69, 9.17) is 0 Å². The van der Waals surface area contributed by atoms with Crippen molar-refractivity contribution in [3.63, 3.8) is 0 Å². The third-order valence-electron chi connectivity index (χ3n) is 2.60. The summed E-state index contributed by atoms with van der Waals surface area (Å²) in [7, 11) is 0. The summed E-state index contributed by atoms with van der Waals surface area (Å²) in [4.78, 5) is 22.6. The summed E-state index contributed by atoms with van der Waals surface area (Å²) in [6.07, 6.45) is 0.324. The number of Topliss-reactive ketones (excluding diaryl/α,β-unsaturated/α-hetero) is 1. The van der Waals surface area contributed by atoms with Crippen LogP contribution in [0.25, 0.3) is 0 Å². The smallest absolute Gasteiger partial charge is 0.224 e. The number of aryl methyl sites for hydroxylation is 1. The molecule has 1 aromatic rings. The molecule has 86 valence electrons. The average Bonchev–Trinajstić information content (AvgIpc) is 2.21. The molecular weight excluding hydrogens is 202 g/mol. The number of hydrogen-bond donors (Lipinski definition) is 1. The van der Waals surface area contributed by atoms with Crippen LogP contribution in [0.15, 0.2) is 24.3 Å². The standard InChI is InChI=1S/C13H17NO2/c1-9-6-4-5-7-12(9)8-13(16)14-10(2)11(3)15/h4-7,10H,8H2,1-3H3,(H,14,16). The van der Waals surface area contributed by atoms with Crippen molar-refractivity contribution >= 4 is 11.7 Å². The first kappa shape index (κ1) is 12.4. The molecule has 1 amide bonds. The summed E-state index contributed by atoms with van der Waals surface area (Å²) < 4.78 is 0. The molecule has 0 heterocycles. The van der Waals surface area contributed by atoms with E-state index >= 15 is 0 Å². The molecule has 0 spiro atoms. The highest BCUT2D eigenvalue weighted by Gasteiger charge is 2.11. The molecule has 0 saturated carbocycles. The second-order valence-electron chi connectivity index (χ2n) is 4.00. The van der Waals surface area contributed by atoms with Gasteiger partial charge in [0, 0.05) is 0 Å². The van der Waals surface area contributed by atoms with Gasteiger partial charge in [-0.3, -0.25) is 9.59 Å². The minimum absolute atomic E-state index is 0.0295. The Balaban J connectivity index is 2.59. The number of amides is 1. The van der Waals surface area contributed by atoms with E-state index in [1.807, 2.05) is 31.2 Å². The summed E-state index contributed by atoms with van der Waals surface area (Å²) in [6, 6.07) is 7.33. The van der Waals surface area contributed by atoms with Crippen molar-refractivity contribution in [2.75, 3.05) is 0 Å². The molecule has 0 radical (unpaired) electrons. The van der Waals surface area contributed by atoms with Crippen LogP contribution in [-0.2, 0) is 16.0 Å². The second kappa shape index (κ2) is 5.45. The fourth-order valence-electron chi connectivity index (χ4n) is 1.38. The van der Waals surface area contributed by atoms with Gasteiger partial charge in [-0.2, -0.15) is 0 Å². The van der Waals surface area contributed by atoms with Crippen molar-refractivity contribution < 1.29 is 9.59 Å². The van der Waals surface area contributed by atoms with Crippen LogP contribution in [-0.4, -0.2) is 17.7 Å². The number of carbonyl (C=O) groups is 2. The van der Waals surface area contributed by atoms with Gasteiger partial charge in [-0.15, -0.1) is 0 Å². The van der Waals surface area contributed by atoms with E-state index in [0.717, 1.165) is 11.1 Å². The molecule has 1 atom stereocenters. The van der Waals surface area contributed by atoms with Crippen molar-refractivity contribution in [1.29, 1.82) is 0 Å². The summed E-state index contributed by atoms with van der Waals surface area (Å²) >= 11 is 0. The number of hydrogen-bond acceptors (Lipinski definition) is 2. The molecule has 0 bridgehead atoms. The third-order valence-corrected chi connectivity index (χ3v) is 2.60. The van der Waals surface area contributed by atoms with Crippen LogP contribution >= 0.6 is 0 Å². The van der Waals surface area contributed by atoms with E-state index in [1.165, 1.54) is 6.92 Å². The highest BCUT2D eigenvalue weighted by molar-refractivity contribution is 5.87. The normalized spacial score (nSPS) is 11.9. The van der Waals surface area contributed by atoms with Gasteiger partial charge in [0.1, 0.15) is 0 Å². The summed E-state index contributed by atoms with van der Waals surface area (Å²) in [5, 5.41) is 2.67. The van der Waals surface area contributed by atoms with Crippen molar-refractivity contribution in [2.45, 2.75) is 33.2 Å². The molecule has 0 aliphatic heterocycles. The topological polar surface area (TPSA) is 46.2 Å². The molecular formula is C13H17NO2. The maximum absolute atomic E-state index is 11.6. The summed E-state index contributed by atoms with van der Waals surface area (Å²) in [5.41, 5.74) is 2.09. The highest BCUT2D eigenvalue weighted by Crippen LogP contribution is 2.07. The molecule has 1 unspecified atom stereocenters. The predicted octanol–water partition coefficient (Wildman–Crippen LogP) is 1.63. The molecule has 1 aromatic carbocycles. The van der Waals surface area contributed by atoms with E-state index in [-0.39, 0.29) is 11.7 Å². The molecule has 0 saturated heterocycles. The number of nitrogens with one attached hydrogen (secondary N) is 1. The molecule has 0 aliphatic carbocycles. The van der Waals surface area contributed by atoms with Crippen molar-refractivity contribution in [2.24, 2.45) is 0 Å². The molecule has 16 heavy (non-hydrogen) atoms. The zero-order valence-corrected chi connectivity index (χ0v) is 9.91. The van der Waals surface area contributed by atoms with Gasteiger partial charge in [0.25, 0.3) is 0 Å². The van der Waals surface area contributed by atoms with E-state index in [2.05, 4.69) is 5.32 Å². The van der Waals surface area contributed by atoms with Crippen LogP contribution < -0.4 is 5.32 Å². The zero-order chi connectivity index (χ0) is 12.1. The van der Waals surface area contributed by atoms with Gasteiger partial charge in [0.15, 0.2) is 5.78 Å². The number of ketones is 1. The lowest BCUT2D eigenvalue weighted by Crippen LogP contribution is -2.38. The molecule has 0 aliphatic rings. The van der Waals surface area contributed by atoms with E-state index < -0.39 is 6.04 Å². The van der Waals surface area contributed by atoms with Crippen LogP contribution in [0.1, 0.15) is 25.0 Å². The van der Waals surface area contributed by atoms with Crippen LogP contribution in [0.2, 0.25) is 0 Å². The van der Waals surface area contributed by atoms with Gasteiger partial charge in [-0.05, 0) is 31.9 Å². The molecule has 0 fully saturated rings. The largest absolute Gasteiger partial charge is 0.346 e. The Morgan fingerprint density at radius 3 is 2.50 bits per heavy atom. The van der Waals surface area contributed by atoms with Crippen molar-refractivity contribution in [3.05, 3.63) is 35.4 Å². The van der Waals surface area contributed by atoms with Gasteiger partial charge in [-0.1, -0.05) is 24.3 Å². The zero-order valence-electron chi connectivity index (χ0n) is 9.91. The fraction of sp³-hybridized carbons (Fsp3) is 0.385. The van der Waals surface area contributed by atoms with E-state index in [9.17, 15) is 9.59 Å². The minimum Gasteiger partial charge on any atom is -0.346 e. The maximum atomic E-state index is 11.6. The molecule has 1 N–H and O–H groups in total. The van der Waals surface area contributed by atoms with Crippen LogP contribution in [0, 0.1) is 6.92 Å². The monoisotopic (exact) mass is 219 g/mol. The Labute approximate surface area is 95.9 Å². The first-order valence-corrected chi connectivity index (χ1v) is 5.35. The lowest BCUT2D eigenvalue weighted by molar-refractivity contribution is -0.126. The van der Waals surface area contributed by atoms with E-state index in [1.54, 1.807) is 6.92 Å². The van der Waals surface area contributed by atoms with Crippen LogP contribution in [0.4, 0.5) is 0 Å². The van der Waals surface area contributed by atoms with Crippen LogP contribution in [0.3, 0.4) is 0 Å². The Hall–Kier alpha value is -1.64. The Bertz CT molecular complexity index is 399. The SMILES string of the molecule is CC(=O)C(C)NC(=O)Cc1ccccc1C. The minimum atomic E-state index is -0.406. The van der Waals surface area contributed by atoms with E-state index in [0.29, 0.717) is 6.42 Å². The number of rotatable bonds is 4. The first-order valence-electron chi connectivity index (χ1n) is 5.35. The fourth-order valence-corrected chi connectivity index (χ4v) is 1.38. The molecule has 0 aromatic heterocycles. The highest BCUT2D eigenvalue weighted by atomic mass is 16.2. The quantitative estimate of drug-likeness (QED) is 0.836. The predicted molar refractivity (Wildman–Crippen MR) is 63.2 cm³/mol. The lowest BCUT2D eigenvalue weighted by Gasteiger charge is -2.11. The first-order chi connectivity index (χ1) is 7.50.